The van der Waals surface area contributed by atoms with E-state index in [4.69, 9.17) is 11.6 Å². The quantitative estimate of drug-likeness (QED) is 0.294. The number of amides is 1. The van der Waals surface area contributed by atoms with Crippen LogP contribution in [0.15, 0.2) is 65.5 Å². The highest BCUT2D eigenvalue weighted by Gasteiger charge is 2.16. The number of benzene rings is 3. The molecule has 0 saturated heterocycles. The van der Waals surface area contributed by atoms with Crippen molar-refractivity contribution in [1.82, 2.24) is 4.57 Å². The number of hydrogen-bond acceptors (Lipinski definition) is 4. The van der Waals surface area contributed by atoms with Crippen molar-refractivity contribution in [2.45, 2.75) is 13.5 Å². The second-order valence-corrected chi connectivity index (χ2v) is 7.33. The van der Waals surface area contributed by atoms with E-state index in [0.29, 0.717) is 27.1 Å². The molecule has 0 atom stereocenters. The molecule has 0 radical (unpaired) electrons. The number of pyridine rings is 1. The van der Waals surface area contributed by atoms with Crippen LogP contribution in [0.3, 0.4) is 0 Å². The van der Waals surface area contributed by atoms with Gasteiger partial charge in [-0.05, 0) is 48.9 Å². The Hall–Kier alpha value is -3.71. The van der Waals surface area contributed by atoms with Gasteiger partial charge in [-0.1, -0.05) is 23.7 Å². The fourth-order valence-electron chi connectivity index (χ4n) is 3.50. The fraction of sp³-hybridized carbons (Fsp3) is 0.0909. The number of carbonyl (C=O) groups excluding carboxylic acids is 1. The fourth-order valence-corrected chi connectivity index (χ4v) is 3.73. The molecule has 0 aliphatic heterocycles. The summed E-state index contributed by atoms with van der Waals surface area (Å²) in [4.78, 5) is 36.4. The number of carbonyl (C=O) groups is 1. The van der Waals surface area contributed by atoms with Crippen molar-refractivity contribution >= 4 is 50.7 Å². The molecule has 4 aromatic rings. The Morgan fingerprint density at radius 1 is 1.07 bits per heavy atom. The molecule has 1 amide bonds. The van der Waals surface area contributed by atoms with Gasteiger partial charge in [0.1, 0.15) is 6.54 Å². The van der Waals surface area contributed by atoms with Crippen molar-refractivity contribution in [3.8, 4) is 0 Å². The number of hydrogen-bond donors (Lipinski definition) is 1. The molecule has 3 aromatic carbocycles. The first kappa shape index (κ1) is 19.6. The van der Waals surface area contributed by atoms with Crippen LogP contribution >= 0.6 is 11.6 Å². The van der Waals surface area contributed by atoms with Crippen LogP contribution in [0, 0.1) is 17.0 Å². The number of nitrogens with zero attached hydrogens (tertiary/aromatic N) is 2. The Morgan fingerprint density at radius 2 is 1.80 bits per heavy atom. The smallest absolute Gasteiger partial charge is 0.270 e. The number of aromatic nitrogens is 1. The van der Waals surface area contributed by atoms with Gasteiger partial charge in [-0.2, -0.15) is 0 Å². The number of anilines is 1. The van der Waals surface area contributed by atoms with E-state index < -0.39 is 4.92 Å². The summed E-state index contributed by atoms with van der Waals surface area (Å²) < 4.78 is 1.69. The van der Waals surface area contributed by atoms with Gasteiger partial charge in [0.2, 0.25) is 5.91 Å². The minimum absolute atomic E-state index is 0.0723. The van der Waals surface area contributed by atoms with E-state index in [1.165, 1.54) is 18.2 Å². The van der Waals surface area contributed by atoms with Gasteiger partial charge < -0.3 is 9.88 Å². The maximum Gasteiger partial charge on any atom is 0.270 e. The van der Waals surface area contributed by atoms with E-state index >= 15 is 0 Å². The molecule has 150 valence electrons. The first-order valence-corrected chi connectivity index (χ1v) is 9.48. The predicted molar refractivity (Wildman–Crippen MR) is 117 cm³/mol. The third-order valence-electron chi connectivity index (χ3n) is 4.93. The lowest BCUT2D eigenvalue weighted by Gasteiger charge is -2.16. The number of non-ortho nitro benzene ring substituents is 1. The van der Waals surface area contributed by atoms with Crippen molar-refractivity contribution in [2.75, 3.05) is 5.32 Å². The lowest BCUT2D eigenvalue weighted by atomic mass is 10.1. The van der Waals surface area contributed by atoms with Crippen molar-refractivity contribution in [3.63, 3.8) is 0 Å². The highest BCUT2D eigenvalue weighted by Crippen LogP contribution is 2.24. The van der Waals surface area contributed by atoms with Crippen molar-refractivity contribution in [1.29, 1.82) is 0 Å². The van der Waals surface area contributed by atoms with E-state index in [-0.39, 0.29) is 29.0 Å². The molecule has 0 unspecified atom stereocenters. The first-order chi connectivity index (χ1) is 14.3. The summed E-state index contributed by atoms with van der Waals surface area (Å²) in [5.74, 6) is -0.297. The molecule has 1 heterocycles. The number of nitro benzene ring substituents is 1. The molecule has 1 N–H and O–H groups in total. The number of nitrogens with one attached hydrogen (secondary N) is 1. The van der Waals surface area contributed by atoms with Crippen molar-refractivity contribution < 1.29 is 9.72 Å². The molecule has 0 fully saturated rings. The molecule has 7 nitrogen and oxygen atoms in total. The topological polar surface area (TPSA) is 94.2 Å². The average Bonchev–Trinajstić information content (AvgIpc) is 2.72. The Bertz CT molecular complexity index is 1390. The second-order valence-electron chi connectivity index (χ2n) is 6.90. The standard InChI is InChI=1S/C22H16ClN3O4/c1-13-10-14(23)6-8-18(13)24-21(27)12-25-19-5-3-2-4-16(19)22(28)17-11-15(26(29)30)7-9-20(17)25/h2-11H,12H2,1H3,(H,24,27). The molecule has 1 aromatic heterocycles. The van der Waals surface area contributed by atoms with Crippen LogP contribution < -0.4 is 10.7 Å². The van der Waals surface area contributed by atoms with Gasteiger partial charge in [0.25, 0.3) is 5.69 Å². The average molecular weight is 422 g/mol. The van der Waals surface area contributed by atoms with Crippen LogP contribution in [0.4, 0.5) is 11.4 Å². The second kappa shape index (κ2) is 7.61. The maximum absolute atomic E-state index is 12.9. The molecule has 0 aliphatic rings. The van der Waals surface area contributed by atoms with Gasteiger partial charge in [-0.25, -0.2) is 0 Å². The van der Waals surface area contributed by atoms with Crippen LogP contribution in [0.5, 0.6) is 0 Å². The highest BCUT2D eigenvalue weighted by molar-refractivity contribution is 6.30. The van der Waals surface area contributed by atoms with E-state index in [0.717, 1.165) is 5.56 Å². The zero-order valence-electron chi connectivity index (χ0n) is 15.9. The number of aryl methyl sites for hydroxylation is 1. The Balaban J connectivity index is 1.84. The third-order valence-corrected chi connectivity index (χ3v) is 5.17. The number of rotatable bonds is 4. The molecule has 0 aliphatic carbocycles. The van der Waals surface area contributed by atoms with E-state index in [1.807, 2.05) is 6.92 Å². The van der Waals surface area contributed by atoms with Gasteiger partial charge in [0.15, 0.2) is 5.43 Å². The largest absolute Gasteiger partial charge is 0.331 e. The Kier molecular flexibility index (Phi) is 4.97. The zero-order valence-corrected chi connectivity index (χ0v) is 16.6. The minimum Gasteiger partial charge on any atom is -0.331 e. The molecule has 8 heteroatoms. The van der Waals surface area contributed by atoms with E-state index in [2.05, 4.69) is 5.32 Å². The maximum atomic E-state index is 12.9. The first-order valence-electron chi connectivity index (χ1n) is 9.11. The van der Waals surface area contributed by atoms with E-state index in [9.17, 15) is 19.7 Å². The van der Waals surface area contributed by atoms with Gasteiger partial charge in [0, 0.05) is 28.2 Å². The van der Waals surface area contributed by atoms with Crippen LogP contribution in [0.2, 0.25) is 5.02 Å². The van der Waals surface area contributed by atoms with Crippen molar-refractivity contribution in [3.05, 3.63) is 91.6 Å². The predicted octanol–water partition coefficient (Wildman–Crippen LogP) is 4.66. The summed E-state index contributed by atoms with van der Waals surface area (Å²) in [6, 6.07) is 16.1. The SMILES string of the molecule is Cc1cc(Cl)ccc1NC(=O)Cn1c2ccccc2c(=O)c2cc([N+](=O)[O-])ccc21. The molecule has 4 rings (SSSR count). The highest BCUT2D eigenvalue weighted by atomic mass is 35.5. The molecule has 0 saturated carbocycles. The van der Waals surface area contributed by atoms with Gasteiger partial charge in [-0.15, -0.1) is 0 Å². The van der Waals surface area contributed by atoms with Gasteiger partial charge in [0.05, 0.1) is 21.3 Å². The molecular formula is C22H16ClN3O4. The summed E-state index contributed by atoms with van der Waals surface area (Å²) in [5.41, 5.74) is 1.99. The van der Waals surface area contributed by atoms with Crippen LogP contribution in [-0.2, 0) is 11.3 Å². The summed E-state index contributed by atoms with van der Waals surface area (Å²) in [5, 5.41) is 15.2. The Morgan fingerprint density at radius 3 is 2.53 bits per heavy atom. The van der Waals surface area contributed by atoms with E-state index in [1.54, 1.807) is 47.0 Å². The molecule has 0 bridgehead atoms. The summed E-state index contributed by atoms with van der Waals surface area (Å²) in [6.07, 6.45) is 0. The lowest BCUT2D eigenvalue weighted by molar-refractivity contribution is -0.384. The monoisotopic (exact) mass is 421 g/mol. The third kappa shape index (κ3) is 3.51. The number of para-hydroxylation sites is 1. The minimum atomic E-state index is -0.547. The number of nitro groups is 1. The number of halogens is 1. The van der Waals surface area contributed by atoms with Gasteiger partial charge in [-0.3, -0.25) is 19.7 Å². The zero-order chi connectivity index (χ0) is 21.4. The molecule has 30 heavy (non-hydrogen) atoms. The molecular weight excluding hydrogens is 406 g/mol. The van der Waals surface area contributed by atoms with Crippen LogP contribution in [-0.4, -0.2) is 15.4 Å². The van der Waals surface area contributed by atoms with Gasteiger partial charge >= 0.3 is 0 Å². The van der Waals surface area contributed by atoms with Crippen LogP contribution in [0.1, 0.15) is 5.56 Å². The number of fused-ring (bicyclic) bond motifs is 2. The molecule has 0 spiro atoms. The lowest BCUT2D eigenvalue weighted by Crippen LogP contribution is -2.22. The normalized spacial score (nSPS) is 11.0. The Labute approximate surface area is 175 Å². The summed E-state index contributed by atoms with van der Waals surface area (Å²) in [7, 11) is 0. The summed E-state index contributed by atoms with van der Waals surface area (Å²) >= 11 is 5.97. The summed E-state index contributed by atoms with van der Waals surface area (Å²) in [6.45, 7) is 1.77. The van der Waals surface area contributed by atoms with Crippen molar-refractivity contribution in [2.24, 2.45) is 0 Å². The van der Waals surface area contributed by atoms with Crippen LogP contribution in [0.25, 0.3) is 21.8 Å².